The van der Waals surface area contributed by atoms with E-state index < -0.39 is 22.4 Å². The molecule has 0 atom stereocenters. The Bertz CT molecular complexity index is 567. The third-order valence-electron chi connectivity index (χ3n) is 3.84. The van der Waals surface area contributed by atoms with Gasteiger partial charge in [-0.15, -0.1) is 0 Å². The fourth-order valence-electron chi connectivity index (χ4n) is 2.00. The monoisotopic (exact) mass is 287 g/mol. The quantitative estimate of drug-likeness (QED) is 0.838. The van der Waals surface area contributed by atoms with Gasteiger partial charge >= 0.3 is 0 Å². The molecule has 0 amide bonds. The molecule has 1 aromatic rings. The maximum absolute atomic E-state index is 13.2. The van der Waals surface area contributed by atoms with Gasteiger partial charge in [0.05, 0.1) is 11.5 Å². The Kier molecular flexibility index (Phi) is 3.94. The summed E-state index contributed by atoms with van der Waals surface area (Å²) in [6.07, 6.45) is 3.02. The maximum Gasteiger partial charge on any atom is 0.240 e. The lowest BCUT2D eigenvalue weighted by Crippen LogP contribution is -2.30. The number of nitrogens with one attached hydrogen (secondary N) is 1. The van der Waals surface area contributed by atoms with E-state index in [1.54, 1.807) is 0 Å². The summed E-state index contributed by atoms with van der Waals surface area (Å²) in [7, 11) is -3.64. The fraction of sp³-hybridized carbons (Fsp3) is 0.538. The second-order valence-corrected chi connectivity index (χ2v) is 6.86. The molecule has 6 heteroatoms. The molecule has 0 spiro atoms. The van der Waals surface area contributed by atoms with E-state index in [-0.39, 0.29) is 15.9 Å². The Labute approximate surface area is 112 Å². The van der Waals surface area contributed by atoms with Gasteiger partial charge in [-0.05, 0) is 42.9 Å². The van der Waals surface area contributed by atoms with Crippen LogP contribution in [0, 0.1) is 11.2 Å². The van der Waals surface area contributed by atoms with Gasteiger partial charge in [-0.1, -0.05) is 6.92 Å². The molecule has 106 valence electrons. The molecule has 19 heavy (non-hydrogen) atoms. The first-order chi connectivity index (χ1) is 8.92. The topological polar surface area (TPSA) is 66.4 Å². The largest absolute Gasteiger partial charge is 0.392 e. The minimum atomic E-state index is -3.64. The van der Waals surface area contributed by atoms with Crippen LogP contribution in [-0.2, 0) is 16.6 Å². The Morgan fingerprint density at radius 1 is 1.42 bits per heavy atom. The second-order valence-electron chi connectivity index (χ2n) is 5.09. The van der Waals surface area contributed by atoms with Crippen molar-refractivity contribution in [3.05, 3.63) is 29.6 Å². The lowest BCUT2D eigenvalue weighted by molar-refractivity contribution is 0.275. The standard InChI is InChI=1S/C13H18FNO3S/c1-2-13(5-6-13)9-15-19(17,18)11-3-4-12(14)10(7-11)8-16/h3-4,7,15-16H,2,5-6,8-9H2,1H3. The Hall–Kier alpha value is -0.980. The van der Waals surface area contributed by atoms with E-state index in [0.717, 1.165) is 25.3 Å². The molecule has 2 N–H and O–H groups in total. The number of hydrogen-bond acceptors (Lipinski definition) is 3. The third kappa shape index (κ3) is 3.13. The highest BCUT2D eigenvalue weighted by atomic mass is 32.2. The molecular weight excluding hydrogens is 269 g/mol. The smallest absolute Gasteiger partial charge is 0.240 e. The Morgan fingerprint density at radius 3 is 2.63 bits per heavy atom. The number of hydrogen-bond donors (Lipinski definition) is 2. The molecule has 1 saturated carbocycles. The summed E-state index contributed by atoms with van der Waals surface area (Å²) in [6, 6.07) is 3.44. The van der Waals surface area contributed by atoms with Gasteiger partial charge in [0.2, 0.25) is 10.0 Å². The SMILES string of the molecule is CCC1(CNS(=O)(=O)c2ccc(F)c(CO)c2)CC1. The van der Waals surface area contributed by atoms with E-state index in [1.165, 1.54) is 12.1 Å². The van der Waals surface area contributed by atoms with Crippen LogP contribution in [0.3, 0.4) is 0 Å². The highest BCUT2D eigenvalue weighted by molar-refractivity contribution is 7.89. The number of halogens is 1. The van der Waals surface area contributed by atoms with Crippen molar-refractivity contribution in [1.82, 2.24) is 4.72 Å². The highest BCUT2D eigenvalue weighted by Crippen LogP contribution is 2.48. The van der Waals surface area contributed by atoms with E-state index in [2.05, 4.69) is 4.72 Å². The van der Waals surface area contributed by atoms with Crippen LogP contribution in [0.25, 0.3) is 0 Å². The zero-order chi connectivity index (χ0) is 14.1. The number of sulfonamides is 1. The second kappa shape index (κ2) is 5.19. The number of rotatable bonds is 6. The molecule has 1 aliphatic rings. The van der Waals surface area contributed by atoms with Crippen molar-refractivity contribution in [2.24, 2.45) is 5.41 Å². The van der Waals surface area contributed by atoms with E-state index >= 15 is 0 Å². The van der Waals surface area contributed by atoms with Crippen LogP contribution in [0.4, 0.5) is 4.39 Å². The van der Waals surface area contributed by atoms with Crippen LogP contribution in [0.2, 0.25) is 0 Å². The van der Waals surface area contributed by atoms with E-state index in [4.69, 9.17) is 5.11 Å². The van der Waals surface area contributed by atoms with Crippen LogP contribution < -0.4 is 4.72 Å². The van der Waals surface area contributed by atoms with Gasteiger partial charge in [0, 0.05) is 12.1 Å². The minimum Gasteiger partial charge on any atom is -0.392 e. The molecule has 1 aliphatic carbocycles. The van der Waals surface area contributed by atoms with Crippen molar-refractivity contribution in [1.29, 1.82) is 0 Å². The van der Waals surface area contributed by atoms with E-state index in [1.807, 2.05) is 6.92 Å². The molecule has 4 nitrogen and oxygen atoms in total. The minimum absolute atomic E-state index is 0.00940. The zero-order valence-electron chi connectivity index (χ0n) is 10.8. The molecule has 2 rings (SSSR count). The number of aliphatic hydroxyl groups is 1. The van der Waals surface area contributed by atoms with Gasteiger partial charge < -0.3 is 5.11 Å². The molecule has 0 heterocycles. The van der Waals surface area contributed by atoms with Gasteiger partial charge in [0.25, 0.3) is 0 Å². The summed E-state index contributed by atoms with van der Waals surface area (Å²) in [5.74, 6) is -0.603. The summed E-state index contributed by atoms with van der Waals surface area (Å²) in [6.45, 7) is 1.94. The van der Waals surface area contributed by atoms with Gasteiger partial charge in [-0.25, -0.2) is 17.5 Å². The molecule has 0 unspecified atom stereocenters. The van der Waals surface area contributed by atoms with Gasteiger partial charge in [-0.2, -0.15) is 0 Å². The summed E-state index contributed by atoms with van der Waals surface area (Å²) in [4.78, 5) is -0.00940. The summed E-state index contributed by atoms with van der Waals surface area (Å²) < 4.78 is 40.0. The third-order valence-corrected chi connectivity index (χ3v) is 5.24. The lowest BCUT2D eigenvalue weighted by atomic mass is 10.1. The first-order valence-electron chi connectivity index (χ1n) is 6.31. The molecule has 1 aromatic carbocycles. The first-order valence-corrected chi connectivity index (χ1v) is 7.80. The van der Waals surface area contributed by atoms with Gasteiger partial charge in [-0.3, -0.25) is 0 Å². The predicted octanol–water partition coefficient (Wildman–Crippen LogP) is 1.79. The Balaban J connectivity index is 2.15. The van der Waals surface area contributed by atoms with E-state index in [9.17, 15) is 12.8 Å². The van der Waals surface area contributed by atoms with Crippen molar-refractivity contribution >= 4 is 10.0 Å². The molecule has 1 fully saturated rings. The molecule has 0 saturated heterocycles. The van der Waals surface area contributed by atoms with Crippen LogP contribution in [-0.4, -0.2) is 20.1 Å². The average Bonchev–Trinajstić information content (AvgIpc) is 3.17. The Morgan fingerprint density at radius 2 is 2.11 bits per heavy atom. The van der Waals surface area contributed by atoms with Crippen LogP contribution in [0.5, 0.6) is 0 Å². The average molecular weight is 287 g/mol. The van der Waals surface area contributed by atoms with Crippen LogP contribution >= 0.6 is 0 Å². The molecule has 0 aromatic heterocycles. The summed E-state index contributed by atoms with van der Waals surface area (Å²) >= 11 is 0. The molecule has 0 aliphatic heterocycles. The van der Waals surface area contributed by atoms with Crippen molar-refractivity contribution in [3.8, 4) is 0 Å². The number of aliphatic hydroxyl groups excluding tert-OH is 1. The normalized spacial score (nSPS) is 17.4. The van der Waals surface area contributed by atoms with Crippen molar-refractivity contribution in [2.75, 3.05) is 6.54 Å². The van der Waals surface area contributed by atoms with E-state index in [0.29, 0.717) is 6.54 Å². The molecular formula is C13H18FNO3S. The fourth-order valence-corrected chi connectivity index (χ4v) is 3.21. The highest BCUT2D eigenvalue weighted by Gasteiger charge is 2.41. The first kappa shape index (κ1) is 14.4. The molecule has 0 bridgehead atoms. The summed E-state index contributed by atoms with van der Waals surface area (Å²) in [5, 5.41) is 8.96. The number of benzene rings is 1. The zero-order valence-corrected chi connectivity index (χ0v) is 11.6. The molecule has 0 radical (unpaired) electrons. The predicted molar refractivity (Wildman–Crippen MR) is 69.5 cm³/mol. The lowest BCUT2D eigenvalue weighted by Gasteiger charge is -2.14. The van der Waals surface area contributed by atoms with Gasteiger partial charge in [0.1, 0.15) is 5.82 Å². The van der Waals surface area contributed by atoms with Gasteiger partial charge in [0.15, 0.2) is 0 Å². The maximum atomic E-state index is 13.2. The van der Waals surface area contributed by atoms with Crippen LogP contribution in [0.15, 0.2) is 23.1 Å². The van der Waals surface area contributed by atoms with Crippen LogP contribution in [0.1, 0.15) is 31.7 Å². The summed E-state index contributed by atoms with van der Waals surface area (Å²) in [5.41, 5.74) is 0.0897. The van der Waals surface area contributed by atoms with Crippen molar-refractivity contribution in [3.63, 3.8) is 0 Å². The van der Waals surface area contributed by atoms with Crippen molar-refractivity contribution < 1.29 is 17.9 Å². The van der Waals surface area contributed by atoms with Crippen molar-refractivity contribution in [2.45, 2.75) is 37.7 Å².